The number of Topliss-reactive ketones (excluding diaryl/α,β-unsaturated/α-hetero) is 1. The van der Waals surface area contributed by atoms with Crippen molar-refractivity contribution in [3.8, 4) is 0 Å². The summed E-state index contributed by atoms with van der Waals surface area (Å²) < 4.78 is 17.7. The number of carbonyl (C=O) groups is 3. The van der Waals surface area contributed by atoms with Crippen molar-refractivity contribution >= 4 is 29.0 Å². The van der Waals surface area contributed by atoms with Gasteiger partial charge < -0.3 is 10.1 Å². The van der Waals surface area contributed by atoms with Crippen LogP contribution in [-0.2, 0) is 14.3 Å². The largest absolute Gasteiger partial charge is 0.469 e. The van der Waals surface area contributed by atoms with E-state index >= 15 is 0 Å². The maximum absolute atomic E-state index is 13.1. The molecular weight excluding hydrogens is 345 g/mol. The fourth-order valence-corrected chi connectivity index (χ4v) is 2.95. The highest BCUT2D eigenvalue weighted by atomic mass is 32.1. The molecule has 2 aromatic rings. The summed E-state index contributed by atoms with van der Waals surface area (Å²) in [5, 5.41) is 4.51. The Kier molecular flexibility index (Phi) is 6.82. The molecule has 1 aromatic heterocycles. The molecule has 7 heteroatoms. The van der Waals surface area contributed by atoms with Crippen molar-refractivity contribution in [1.82, 2.24) is 5.32 Å². The Bertz CT molecular complexity index is 728. The Morgan fingerprint density at radius 3 is 2.48 bits per heavy atom. The Hall–Kier alpha value is -2.54. The number of hydrogen-bond donors (Lipinski definition) is 1. The van der Waals surface area contributed by atoms with Gasteiger partial charge in [0, 0.05) is 12.8 Å². The lowest BCUT2D eigenvalue weighted by Gasteiger charge is -2.18. The highest BCUT2D eigenvalue weighted by Crippen LogP contribution is 2.19. The van der Waals surface area contributed by atoms with Crippen LogP contribution in [0.15, 0.2) is 41.8 Å². The van der Waals surface area contributed by atoms with Gasteiger partial charge in [0.2, 0.25) is 5.91 Å². The van der Waals surface area contributed by atoms with Gasteiger partial charge in [0.05, 0.1) is 24.4 Å². The number of amides is 1. The van der Waals surface area contributed by atoms with Crippen molar-refractivity contribution in [1.29, 1.82) is 0 Å². The third-order valence-electron chi connectivity index (χ3n) is 3.58. The molecule has 1 N–H and O–H groups in total. The van der Waals surface area contributed by atoms with Gasteiger partial charge in [0.25, 0.3) is 0 Å². The number of halogens is 1. The molecular formula is C18H18FNO4S. The van der Waals surface area contributed by atoms with E-state index in [1.54, 1.807) is 17.5 Å². The molecule has 0 aliphatic rings. The first-order valence-electron chi connectivity index (χ1n) is 7.68. The molecule has 2 rings (SSSR count). The summed E-state index contributed by atoms with van der Waals surface area (Å²) in [6.07, 6.45) is 0.0169. The minimum absolute atomic E-state index is 0.00952. The van der Waals surface area contributed by atoms with Gasteiger partial charge in [-0.1, -0.05) is 18.2 Å². The van der Waals surface area contributed by atoms with Gasteiger partial charge in [-0.05, 0) is 29.1 Å². The summed E-state index contributed by atoms with van der Waals surface area (Å²) >= 11 is 1.33. The number of nitrogens with one attached hydrogen (secondary N) is 1. The summed E-state index contributed by atoms with van der Waals surface area (Å²) in [6, 6.07) is 8.36. The summed E-state index contributed by atoms with van der Waals surface area (Å²) in [5.74, 6) is -1.36. The van der Waals surface area contributed by atoms with E-state index < -0.39 is 17.8 Å². The van der Waals surface area contributed by atoms with Crippen molar-refractivity contribution in [2.45, 2.75) is 25.3 Å². The lowest BCUT2D eigenvalue weighted by Crippen LogP contribution is -2.30. The van der Waals surface area contributed by atoms with Gasteiger partial charge in [-0.25, -0.2) is 4.39 Å². The minimum Gasteiger partial charge on any atom is -0.469 e. The number of rotatable bonds is 8. The van der Waals surface area contributed by atoms with Crippen LogP contribution in [0.5, 0.6) is 0 Å². The highest BCUT2D eigenvalue weighted by Gasteiger charge is 2.20. The molecule has 0 bridgehead atoms. The van der Waals surface area contributed by atoms with E-state index in [4.69, 9.17) is 0 Å². The van der Waals surface area contributed by atoms with Gasteiger partial charge in [0.1, 0.15) is 5.82 Å². The predicted octanol–water partition coefficient (Wildman–Crippen LogP) is 3.27. The van der Waals surface area contributed by atoms with E-state index in [1.807, 2.05) is 0 Å². The van der Waals surface area contributed by atoms with Crippen molar-refractivity contribution in [2.75, 3.05) is 7.11 Å². The summed E-state index contributed by atoms with van der Waals surface area (Å²) in [6.45, 7) is 0. The SMILES string of the molecule is COC(=O)C[C@H](NC(=O)CCC(=O)c1cccs1)c1ccc(F)cc1. The highest BCUT2D eigenvalue weighted by molar-refractivity contribution is 7.12. The zero-order chi connectivity index (χ0) is 18.2. The number of carbonyl (C=O) groups excluding carboxylic acids is 3. The van der Waals surface area contributed by atoms with Gasteiger partial charge in [-0.2, -0.15) is 0 Å². The first-order chi connectivity index (χ1) is 12.0. The normalized spacial score (nSPS) is 11.6. The van der Waals surface area contributed by atoms with Crippen molar-refractivity contribution in [3.05, 3.63) is 58.0 Å². The summed E-state index contributed by atoms with van der Waals surface area (Å²) in [7, 11) is 1.26. The molecule has 1 aromatic carbocycles. The Labute approximate surface area is 148 Å². The molecule has 0 aliphatic heterocycles. The second-order valence-electron chi connectivity index (χ2n) is 5.35. The molecule has 1 heterocycles. The maximum atomic E-state index is 13.1. The zero-order valence-corrected chi connectivity index (χ0v) is 14.5. The number of esters is 1. The number of ether oxygens (including phenoxy) is 1. The molecule has 1 atom stereocenters. The van der Waals surface area contributed by atoms with E-state index in [-0.39, 0.29) is 31.0 Å². The van der Waals surface area contributed by atoms with Crippen LogP contribution in [-0.4, -0.2) is 24.8 Å². The molecule has 0 unspecified atom stereocenters. The lowest BCUT2D eigenvalue weighted by molar-refractivity contribution is -0.141. The van der Waals surface area contributed by atoms with Gasteiger partial charge in [-0.15, -0.1) is 11.3 Å². The second kappa shape index (κ2) is 9.08. The van der Waals surface area contributed by atoms with Gasteiger partial charge in [0.15, 0.2) is 5.78 Å². The van der Waals surface area contributed by atoms with Crippen LogP contribution >= 0.6 is 11.3 Å². The summed E-state index contributed by atoms with van der Waals surface area (Å²) in [4.78, 5) is 36.3. The Morgan fingerprint density at radius 2 is 1.88 bits per heavy atom. The van der Waals surface area contributed by atoms with Crippen molar-refractivity contribution in [2.24, 2.45) is 0 Å². The molecule has 0 saturated heterocycles. The fourth-order valence-electron chi connectivity index (χ4n) is 2.25. The second-order valence-corrected chi connectivity index (χ2v) is 6.30. The third-order valence-corrected chi connectivity index (χ3v) is 4.49. The molecule has 0 saturated carbocycles. The van der Waals surface area contributed by atoms with Crippen LogP contribution in [0.4, 0.5) is 4.39 Å². The smallest absolute Gasteiger partial charge is 0.307 e. The number of ketones is 1. The van der Waals surface area contributed by atoms with Crippen LogP contribution in [0.3, 0.4) is 0 Å². The molecule has 1 amide bonds. The number of benzene rings is 1. The number of methoxy groups -OCH3 is 1. The molecule has 0 fully saturated rings. The third kappa shape index (κ3) is 5.79. The fraction of sp³-hybridized carbons (Fsp3) is 0.278. The molecule has 5 nitrogen and oxygen atoms in total. The molecule has 0 spiro atoms. The van der Waals surface area contributed by atoms with E-state index in [0.29, 0.717) is 10.4 Å². The standard InChI is InChI=1S/C18H18FNO4S/c1-24-18(23)11-14(12-4-6-13(19)7-5-12)20-17(22)9-8-15(21)16-3-2-10-25-16/h2-7,10,14H,8-9,11H2,1H3,(H,20,22)/t14-/m0/s1. The Balaban J connectivity index is 1.97. The average Bonchev–Trinajstić information content (AvgIpc) is 3.14. The molecule has 0 radical (unpaired) electrons. The first-order valence-corrected chi connectivity index (χ1v) is 8.56. The van der Waals surface area contributed by atoms with Crippen LogP contribution in [0.25, 0.3) is 0 Å². The van der Waals surface area contributed by atoms with Crippen molar-refractivity contribution < 1.29 is 23.5 Å². The average molecular weight is 363 g/mol. The Morgan fingerprint density at radius 1 is 1.16 bits per heavy atom. The van der Waals surface area contributed by atoms with Crippen LogP contribution in [0.2, 0.25) is 0 Å². The van der Waals surface area contributed by atoms with Crippen LogP contribution < -0.4 is 5.32 Å². The number of hydrogen-bond acceptors (Lipinski definition) is 5. The lowest BCUT2D eigenvalue weighted by atomic mass is 10.0. The van der Waals surface area contributed by atoms with Gasteiger partial charge in [-0.3, -0.25) is 14.4 Å². The van der Waals surface area contributed by atoms with E-state index in [9.17, 15) is 18.8 Å². The monoisotopic (exact) mass is 363 g/mol. The van der Waals surface area contributed by atoms with Gasteiger partial charge >= 0.3 is 5.97 Å². The zero-order valence-electron chi connectivity index (χ0n) is 13.7. The topological polar surface area (TPSA) is 72.5 Å². The summed E-state index contributed by atoms with van der Waals surface area (Å²) in [5.41, 5.74) is 0.588. The molecule has 25 heavy (non-hydrogen) atoms. The van der Waals surface area contributed by atoms with Crippen LogP contribution in [0.1, 0.15) is 40.5 Å². The minimum atomic E-state index is -0.641. The van der Waals surface area contributed by atoms with E-state index in [0.717, 1.165) is 0 Å². The van der Waals surface area contributed by atoms with E-state index in [1.165, 1.54) is 42.7 Å². The molecule has 132 valence electrons. The van der Waals surface area contributed by atoms with Crippen molar-refractivity contribution in [3.63, 3.8) is 0 Å². The molecule has 0 aliphatic carbocycles. The first kappa shape index (κ1) is 18.8. The quantitative estimate of drug-likeness (QED) is 0.577. The van der Waals surface area contributed by atoms with Crippen LogP contribution in [0, 0.1) is 5.82 Å². The van der Waals surface area contributed by atoms with E-state index in [2.05, 4.69) is 10.1 Å². The maximum Gasteiger partial charge on any atom is 0.307 e. The number of thiophene rings is 1. The predicted molar refractivity (Wildman–Crippen MR) is 91.8 cm³/mol.